The van der Waals surface area contributed by atoms with Gasteiger partial charge in [0.25, 0.3) is 0 Å². The van der Waals surface area contributed by atoms with Crippen molar-refractivity contribution >= 4 is 17.1 Å². The molecule has 42 heavy (non-hydrogen) atoms. The van der Waals surface area contributed by atoms with E-state index in [2.05, 4.69) is 48.2 Å². The number of halogens is 1. The van der Waals surface area contributed by atoms with E-state index >= 15 is 0 Å². The maximum atomic E-state index is 13.9. The molecule has 9 heteroatoms. The number of hydrogen-bond donors (Lipinski definition) is 0. The topological polar surface area (TPSA) is 59.8 Å². The van der Waals surface area contributed by atoms with E-state index in [1.54, 1.807) is 12.1 Å². The zero-order chi connectivity index (χ0) is 29.3. The minimum atomic E-state index is -1.71. The van der Waals surface area contributed by atoms with Gasteiger partial charge in [0, 0.05) is 31.6 Å². The van der Waals surface area contributed by atoms with Crippen LogP contribution < -0.4 is 0 Å². The second kappa shape index (κ2) is 12.1. The van der Waals surface area contributed by atoms with Crippen LogP contribution in [0.3, 0.4) is 0 Å². The van der Waals surface area contributed by atoms with Crippen molar-refractivity contribution in [1.29, 1.82) is 0 Å². The third kappa shape index (κ3) is 6.17. The summed E-state index contributed by atoms with van der Waals surface area (Å²) in [6, 6.07) is 14.7. The Morgan fingerprint density at radius 2 is 1.79 bits per heavy atom. The Kier molecular flexibility index (Phi) is 8.49. The SMILES string of the molecule is CC(C)(C)c1ccc([SH+](=O)N2CCC3=Cc4c(cnn4-c4ccc(F)cc4)C[C@]3(COCCN3CCOCC3)C2)cc1. The molecule has 0 bridgehead atoms. The lowest BCUT2D eigenvalue weighted by Crippen LogP contribution is -2.50. The third-order valence-electron chi connectivity index (χ3n) is 8.85. The first kappa shape index (κ1) is 29.4. The number of aromatic nitrogens is 2. The van der Waals surface area contributed by atoms with Gasteiger partial charge < -0.3 is 9.47 Å². The fourth-order valence-corrected chi connectivity index (χ4v) is 7.73. The molecule has 1 aromatic heterocycles. The van der Waals surface area contributed by atoms with E-state index in [0.717, 1.165) is 74.1 Å². The molecule has 0 N–H and O–H groups in total. The van der Waals surface area contributed by atoms with Crippen LogP contribution in [0.1, 0.15) is 44.0 Å². The van der Waals surface area contributed by atoms with E-state index < -0.39 is 11.0 Å². The number of thiol groups is 1. The monoisotopic (exact) mass is 593 g/mol. The molecular formula is C33H42FN4O3S+. The summed E-state index contributed by atoms with van der Waals surface area (Å²) >= 11 is 0. The van der Waals surface area contributed by atoms with Gasteiger partial charge in [-0.3, -0.25) is 4.90 Å². The average molecular weight is 594 g/mol. The van der Waals surface area contributed by atoms with Gasteiger partial charge in [-0.05, 0) is 71.9 Å². The van der Waals surface area contributed by atoms with Crippen molar-refractivity contribution in [3.8, 4) is 5.69 Å². The summed E-state index contributed by atoms with van der Waals surface area (Å²) in [6.07, 6.45) is 5.74. The van der Waals surface area contributed by atoms with Gasteiger partial charge in [0.1, 0.15) is 5.82 Å². The second-order valence-electron chi connectivity index (χ2n) is 12.8. The van der Waals surface area contributed by atoms with Crippen LogP contribution in [0.25, 0.3) is 11.8 Å². The number of morpholine rings is 1. The number of rotatable bonds is 8. The molecule has 3 heterocycles. The van der Waals surface area contributed by atoms with Gasteiger partial charge in [-0.25, -0.2) is 9.07 Å². The zero-order valence-corrected chi connectivity index (χ0v) is 25.8. The minimum absolute atomic E-state index is 0.0514. The first-order valence-electron chi connectivity index (χ1n) is 15.0. The van der Waals surface area contributed by atoms with Gasteiger partial charge in [0.15, 0.2) is 15.9 Å². The zero-order valence-electron chi connectivity index (χ0n) is 24.9. The van der Waals surface area contributed by atoms with E-state index in [-0.39, 0.29) is 16.6 Å². The van der Waals surface area contributed by atoms with Gasteiger partial charge in [0.2, 0.25) is 0 Å². The molecule has 1 unspecified atom stereocenters. The second-order valence-corrected chi connectivity index (χ2v) is 14.4. The van der Waals surface area contributed by atoms with Crippen LogP contribution in [0.5, 0.6) is 0 Å². The van der Waals surface area contributed by atoms with E-state index in [1.807, 2.05) is 23.0 Å². The Labute approximate surface area is 250 Å². The molecule has 0 radical (unpaired) electrons. The van der Waals surface area contributed by atoms with Crippen molar-refractivity contribution in [3.05, 3.63) is 82.9 Å². The number of piperidine rings is 1. The quantitative estimate of drug-likeness (QED) is 0.210. The molecule has 2 aliphatic heterocycles. The summed E-state index contributed by atoms with van der Waals surface area (Å²) in [5, 5.41) is 4.69. The molecule has 2 fully saturated rings. The van der Waals surface area contributed by atoms with Crippen LogP contribution in [0.15, 0.2) is 65.2 Å². The fourth-order valence-electron chi connectivity index (χ4n) is 6.32. The molecule has 3 aliphatic rings. The minimum Gasteiger partial charge on any atom is -0.379 e. The normalized spacial score (nSPS) is 22.3. The highest BCUT2D eigenvalue weighted by Crippen LogP contribution is 2.45. The highest BCUT2D eigenvalue weighted by Gasteiger charge is 2.46. The summed E-state index contributed by atoms with van der Waals surface area (Å²) in [5.74, 6) is -0.263. The Morgan fingerprint density at radius 3 is 2.50 bits per heavy atom. The lowest BCUT2D eigenvalue weighted by atomic mass is 9.69. The predicted octanol–water partition coefficient (Wildman–Crippen LogP) is 4.96. The lowest BCUT2D eigenvalue weighted by molar-refractivity contribution is 0.00191. The lowest BCUT2D eigenvalue weighted by Gasteiger charge is -2.44. The highest BCUT2D eigenvalue weighted by atomic mass is 32.2. The molecule has 0 amide bonds. The van der Waals surface area contributed by atoms with E-state index in [9.17, 15) is 8.60 Å². The van der Waals surface area contributed by atoms with Gasteiger partial charge >= 0.3 is 0 Å². The van der Waals surface area contributed by atoms with Gasteiger partial charge in [-0.1, -0.05) is 42.7 Å². The van der Waals surface area contributed by atoms with E-state index in [4.69, 9.17) is 14.6 Å². The Hall–Kier alpha value is -2.69. The Morgan fingerprint density at radius 1 is 1.05 bits per heavy atom. The molecule has 6 rings (SSSR count). The number of nitrogens with zero attached hydrogens (tertiary/aromatic N) is 4. The summed E-state index contributed by atoms with van der Waals surface area (Å²) in [5.41, 5.74) is 5.32. The molecule has 2 atom stereocenters. The molecule has 7 nitrogen and oxygen atoms in total. The van der Waals surface area contributed by atoms with E-state index in [1.165, 1.54) is 23.3 Å². The van der Waals surface area contributed by atoms with Crippen LogP contribution in [0.4, 0.5) is 4.39 Å². The van der Waals surface area contributed by atoms with Crippen molar-refractivity contribution in [3.63, 3.8) is 0 Å². The van der Waals surface area contributed by atoms with Gasteiger partial charge in [-0.15, -0.1) is 4.31 Å². The van der Waals surface area contributed by atoms with Crippen LogP contribution in [-0.4, -0.2) is 78.1 Å². The maximum Gasteiger partial charge on any atom is 0.178 e. The molecule has 1 aliphatic carbocycles. The molecule has 0 saturated carbocycles. The smallest absolute Gasteiger partial charge is 0.178 e. The summed E-state index contributed by atoms with van der Waals surface area (Å²) in [6.45, 7) is 13.5. The van der Waals surface area contributed by atoms with Crippen LogP contribution >= 0.6 is 0 Å². The van der Waals surface area contributed by atoms with Gasteiger partial charge in [0.05, 0.1) is 50.6 Å². The predicted molar refractivity (Wildman–Crippen MR) is 165 cm³/mol. The summed E-state index contributed by atoms with van der Waals surface area (Å²) in [7, 11) is -1.71. The standard InChI is InChI=1S/C33H41FN4O3S/c1-32(2,3)26-4-10-30(11-5-26)42(39)37-13-12-27-20-31-25(22-35-38(31)29-8-6-28(34)7-9-29)21-33(27,23-37)24-41-19-16-36-14-17-40-18-15-36/h4-11,20,22H,12-19,21,23-24H2,1-3H3/p+1/t33-,42?/m1/s1. The van der Waals surface area contributed by atoms with Crippen molar-refractivity contribution < 1.29 is 18.1 Å². The summed E-state index contributed by atoms with van der Waals surface area (Å²) in [4.78, 5) is 3.25. The third-order valence-corrected chi connectivity index (χ3v) is 10.4. The van der Waals surface area contributed by atoms with Crippen molar-refractivity contribution in [1.82, 2.24) is 19.0 Å². The Balaban J connectivity index is 1.24. The van der Waals surface area contributed by atoms with Crippen LogP contribution in [0.2, 0.25) is 0 Å². The fraction of sp³-hybridized carbons (Fsp3) is 0.485. The largest absolute Gasteiger partial charge is 0.379 e. The van der Waals surface area contributed by atoms with Crippen molar-refractivity contribution in [2.24, 2.45) is 5.41 Å². The molecule has 224 valence electrons. The molecule has 2 saturated heterocycles. The van der Waals surface area contributed by atoms with Crippen molar-refractivity contribution in [2.75, 3.05) is 59.2 Å². The molecule has 0 spiro atoms. The number of benzene rings is 2. The first-order valence-corrected chi connectivity index (χ1v) is 16.2. The van der Waals surface area contributed by atoms with Crippen LogP contribution in [0, 0.1) is 11.2 Å². The van der Waals surface area contributed by atoms with Crippen molar-refractivity contribution in [2.45, 2.75) is 43.9 Å². The Bertz CT molecular complexity index is 1440. The van der Waals surface area contributed by atoms with Gasteiger partial charge in [-0.2, -0.15) is 5.10 Å². The summed E-state index contributed by atoms with van der Waals surface area (Å²) < 4.78 is 43.5. The molecule has 3 aromatic rings. The number of hydrogen-bond acceptors (Lipinski definition) is 5. The molecule has 2 aromatic carbocycles. The first-order chi connectivity index (χ1) is 20.2. The van der Waals surface area contributed by atoms with Crippen LogP contribution in [-0.2, 0) is 36.5 Å². The number of fused-ring (bicyclic) bond motifs is 2. The van der Waals surface area contributed by atoms with E-state index in [0.29, 0.717) is 19.8 Å². The highest BCUT2D eigenvalue weighted by molar-refractivity contribution is 7.82. The average Bonchev–Trinajstić information content (AvgIpc) is 3.40. The maximum absolute atomic E-state index is 13.9. The molecular weight excluding hydrogens is 551 g/mol. The number of ether oxygens (including phenoxy) is 2.